The van der Waals surface area contributed by atoms with Crippen LogP contribution >= 0.6 is 0 Å². The molecule has 8 nitrogen and oxygen atoms in total. The molecule has 3 aromatic carbocycles. The van der Waals surface area contributed by atoms with Crippen LogP contribution in [0.2, 0.25) is 0 Å². The van der Waals surface area contributed by atoms with Gasteiger partial charge in [-0.15, -0.1) is 0 Å². The highest BCUT2D eigenvalue weighted by molar-refractivity contribution is 7.85. The van der Waals surface area contributed by atoms with Crippen LogP contribution in [-0.4, -0.2) is 44.3 Å². The molecule has 0 radical (unpaired) electrons. The quantitative estimate of drug-likeness (QED) is 0.267. The third kappa shape index (κ3) is 6.88. The number of rotatable bonds is 7. The molecule has 5 rings (SSSR count). The van der Waals surface area contributed by atoms with Gasteiger partial charge in [-0.25, -0.2) is 4.98 Å². The van der Waals surface area contributed by atoms with E-state index in [1.807, 2.05) is 80.6 Å². The number of aromatic nitrogens is 2. The molecule has 2 N–H and O–H groups in total. The van der Waals surface area contributed by atoms with Gasteiger partial charge in [0, 0.05) is 76.3 Å². The molecule has 0 bridgehead atoms. The van der Waals surface area contributed by atoms with Gasteiger partial charge in [0.05, 0.1) is 5.69 Å². The SMILES string of the molecule is CCn1cc(-c2cccc(NC(=O)c3ccc(C(C)(C)C)cc3)c2C)nc(Nc2ccc(N3CCS(=O)CC3)cc2)c1=O. The molecule has 1 fully saturated rings. The van der Waals surface area contributed by atoms with Crippen LogP contribution in [0, 0.1) is 6.92 Å². The second-order valence-electron chi connectivity index (χ2n) is 11.8. The molecule has 0 saturated carbocycles. The zero-order chi connectivity index (χ0) is 30.7. The fraction of sp³-hybridized carbons (Fsp3) is 0.324. The molecule has 2 heterocycles. The van der Waals surface area contributed by atoms with Crippen molar-refractivity contribution in [3.05, 3.63) is 100.0 Å². The van der Waals surface area contributed by atoms with E-state index in [-0.39, 0.29) is 22.7 Å². The summed E-state index contributed by atoms with van der Waals surface area (Å²) < 4.78 is 13.3. The van der Waals surface area contributed by atoms with Crippen molar-refractivity contribution in [1.82, 2.24) is 9.55 Å². The topological polar surface area (TPSA) is 96.3 Å². The Morgan fingerprint density at radius 2 is 1.65 bits per heavy atom. The number of anilines is 4. The Hall–Kier alpha value is -4.24. The number of nitrogens with zero attached hydrogens (tertiary/aromatic N) is 3. The van der Waals surface area contributed by atoms with E-state index >= 15 is 0 Å². The molecule has 0 unspecified atom stereocenters. The first-order chi connectivity index (χ1) is 20.5. The minimum Gasteiger partial charge on any atom is -0.370 e. The molecule has 4 aromatic rings. The first kappa shape index (κ1) is 30.2. The van der Waals surface area contributed by atoms with Crippen molar-refractivity contribution in [3.63, 3.8) is 0 Å². The van der Waals surface area contributed by atoms with Crippen LogP contribution in [0.4, 0.5) is 22.9 Å². The van der Waals surface area contributed by atoms with Gasteiger partial charge in [0.1, 0.15) is 0 Å². The smallest absolute Gasteiger partial charge is 0.293 e. The summed E-state index contributed by atoms with van der Waals surface area (Å²) in [6.45, 7) is 12.3. The van der Waals surface area contributed by atoms with Gasteiger partial charge in [0.15, 0.2) is 5.82 Å². The first-order valence-electron chi connectivity index (χ1n) is 14.6. The van der Waals surface area contributed by atoms with Crippen LogP contribution < -0.4 is 21.1 Å². The van der Waals surface area contributed by atoms with Crippen molar-refractivity contribution < 1.29 is 9.00 Å². The van der Waals surface area contributed by atoms with E-state index in [9.17, 15) is 13.8 Å². The fourth-order valence-corrected chi connectivity index (χ4v) is 6.19. The van der Waals surface area contributed by atoms with E-state index in [2.05, 4.69) is 36.3 Å². The van der Waals surface area contributed by atoms with Crippen molar-refractivity contribution in [2.24, 2.45) is 0 Å². The summed E-state index contributed by atoms with van der Waals surface area (Å²) in [6, 6.07) is 21.3. The second-order valence-corrected chi connectivity index (χ2v) is 13.5. The van der Waals surface area contributed by atoms with Gasteiger partial charge in [-0.3, -0.25) is 13.8 Å². The highest BCUT2D eigenvalue weighted by Crippen LogP contribution is 2.29. The molecular weight excluding hydrogens is 558 g/mol. The Morgan fingerprint density at radius 1 is 0.977 bits per heavy atom. The van der Waals surface area contributed by atoms with Crippen molar-refractivity contribution in [2.45, 2.75) is 46.6 Å². The summed E-state index contributed by atoms with van der Waals surface area (Å²) >= 11 is 0. The molecule has 1 amide bonds. The number of benzene rings is 3. The molecule has 0 atom stereocenters. The first-order valence-corrected chi connectivity index (χ1v) is 16.1. The summed E-state index contributed by atoms with van der Waals surface area (Å²) in [7, 11) is -0.729. The normalized spacial score (nSPS) is 14.0. The summed E-state index contributed by atoms with van der Waals surface area (Å²) in [5.74, 6) is 1.41. The molecule has 1 aromatic heterocycles. The standard InChI is InChI=1S/C34H39N5O3S/c1-6-38-22-30(36-31(33(38)41)35-26-14-16-27(17-15-26)39-18-20-43(42)21-19-39)28-8-7-9-29(23(28)2)37-32(40)24-10-12-25(13-11-24)34(3,4)5/h7-17,22H,6,18-21H2,1-5H3,(H,35,36)(H,37,40). The Morgan fingerprint density at radius 3 is 2.28 bits per heavy atom. The lowest BCUT2D eigenvalue weighted by molar-refractivity contribution is 0.102. The van der Waals surface area contributed by atoms with Gasteiger partial charge in [-0.05, 0) is 72.9 Å². The zero-order valence-corrected chi connectivity index (χ0v) is 26.3. The maximum Gasteiger partial charge on any atom is 0.293 e. The molecule has 1 aliphatic rings. The van der Waals surface area contributed by atoms with Crippen molar-refractivity contribution >= 4 is 39.6 Å². The van der Waals surface area contributed by atoms with Crippen LogP contribution in [0.25, 0.3) is 11.3 Å². The third-order valence-corrected chi connectivity index (χ3v) is 9.13. The average Bonchev–Trinajstić information content (AvgIpc) is 3.00. The summed E-state index contributed by atoms with van der Waals surface area (Å²) in [5.41, 5.74) is 6.36. The molecule has 9 heteroatoms. The van der Waals surface area contributed by atoms with Crippen LogP contribution in [0.15, 0.2) is 77.7 Å². The molecular formula is C34H39N5O3S. The predicted octanol–water partition coefficient (Wildman–Crippen LogP) is 6.10. The second kappa shape index (κ2) is 12.6. The number of carbonyl (C=O) groups excluding carboxylic acids is 1. The van der Waals surface area contributed by atoms with Gasteiger partial charge in [0.25, 0.3) is 11.5 Å². The van der Waals surface area contributed by atoms with Crippen LogP contribution in [-0.2, 0) is 22.8 Å². The average molecular weight is 598 g/mol. The van der Waals surface area contributed by atoms with Gasteiger partial charge >= 0.3 is 0 Å². The highest BCUT2D eigenvalue weighted by Gasteiger charge is 2.18. The minimum absolute atomic E-state index is 0.00970. The number of amides is 1. The molecule has 0 spiro atoms. The van der Waals surface area contributed by atoms with E-state index in [1.165, 1.54) is 5.56 Å². The molecule has 224 valence electrons. The molecule has 1 saturated heterocycles. The number of carbonyl (C=O) groups is 1. The van der Waals surface area contributed by atoms with E-state index in [4.69, 9.17) is 4.98 Å². The summed E-state index contributed by atoms with van der Waals surface area (Å²) in [4.78, 5) is 33.3. The van der Waals surface area contributed by atoms with Gasteiger partial charge in [0.2, 0.25) is 0 Å². The Labute approximate surface area is 255 Å². The predicted molar refractivity (Wildman–Crippen MR) is 177 cm³/mol. The van der Waals surface area contributed by atoms with Crippen molar-refractivity contribution in [2.75, 3.05) is 40.1 Å². The Bertz CT molecular complexity index is 1700. The van der Waals surface area contributed by atoms with Crippen molar-refractivity contribution in [3.8, 4) is 11.3 Å². The largest absolute Gasteiger partial charge is 0.370 e. The van der Waals surface area contributed by atoms with E-state index in [0.717, 1.165) is 35.6 Å². The van der Waals surface area contributed by atoms with E-state index in [1.54, 1.807) is 10.8 Å². The summed E-state index contributed by atoms with van der Waals surface area (Å²) in [5, 5.41) is 6.27. The maximum absolute atomic E-state index is 13.2. The van der Waals surface area contributed by atoms with Crippen LogP contribution in [0.3, 0.4) is 0 Å². The van der Waals surface area contributed by atoms with Gasteiger partial charge in [-0.1, -0.05) is 45.0 Å². The minimum atomic E-state index is -0.729. The lowest BCUT2D eigenvalue weighted by atomic mass is 9.86. The fourth-order valence-electron chi connectivity index (χ4n) is 5.14. The molecule has 43 heavy (non-hydrogen) atoms. The number of nitrogens with one attached hydrogen (secondary N) is 2. The Kier molecular flexibility index (Phi) is 8.82. The lowest BCUT2D eigenvalue weighted by Crippen LogP contribution is -2.37. The van der Waals surface area contributed by atoms with E-state index in [0.29, 0.717) is 35.0 Å². The van der Waals surface area contributed by atoms with Gasteiger partial charge in [-0.2, -0.15) is 0 Å². The van der Waals surface area contributed by atoms with E-state index < -0.39 is 10.8 Å². The van der Waals surface area contributed by atoms with Crippen LogP contribution in [0.1, 0.15) is 49.2 Å². The number of aryl methyl sites for hydroxylation is 1. The monoisotopic (exact) mass is 597 g/mol. The van der Waals surface area contributed by atoms with Crippen molar-refractivity contribution in [1.29, 1.82) is 0 Å². The summed E-state index contributed by atoms with van der Waals surface area (Å²) in [6.07, 6.45) is 1.76. The Balaban J connectivity index is 1.38. The number of hydrogen-bond acceptors (Lipinski definition) is 6. The zero-order valence-electron chi connectivity index (χ0n) is 25.4. The maximum atomic E-state index is 13.2. The van der Waals surface area contributed by atoms with Crippen LogP contribution in [0.5, 0.6) is 0 Å². The highest BCUT2D eigenvalue weighted by atomic mass is 32.2. The molecule has 0 aliphatic carbocycles. The number of hydrogen-bond donors (Lipinski definition) is 2. The van der Waals surface area contributed by atoms with Gasteiger partial charge < -0.3 is 20.1 Å². The molecule has 1 aliphatic heterocycles. The lowest BCUT2D eigenvalue weighted by Gasteiger charge is -2.28. The third-order valence-electron chi connectivity index (χ3n) is 7.86.